The molecule has 0 atom stereocenters. The Morgan fingerprint density at radius 3 is 1.18 bits per heavy atom. The normalized spacial score (nSPS) is 11.2. The van der Waals surface area contributed by atoms with Crippen molar-refractivity contribution in [3.63, 3.8) is 0 Å². The molecule has 0 fully saturated rings. The lowest BCUT2D eigenvalue weighted by Crippen LogP contribution is -2.07. The van der Waals surface area contributed by atoms with Gasteiger partial charge in [0.1, 0.15) is 0 Å². The van der Waals surface area contributed by atoms with Crippen molar-refractivity contribution in [2.75, 3.05) is 19.8 Å². The van der Waals surface area contributed by atoms with Gasteiger partial charge in [-0.3, -0.25) is 0 Å². The summed E-state index contributed by atoms with van der Waals surface area (Å²) in [5.74, 6) is 2.59. The molecule has 1 aromatic rings. The number of aryl methyl sites for hydroxylation is 1. The zero-order valence-corrected chi connectivity index (χ0v) is 27.2. The molecular formula is C37H67O3. The van der Waals surface area contributed by atoms with Crippen LogP contribution in [0, 0.1) is 6.92 Å². The first kappa shape index (κ1) is 36.6. The van der Waals surface area contributed by atoms with Crippen LogP contribution in [0.1, 0.15) is 174 Å². The Bertz CT molecular complexity index is 630. The van der Waals surface area contributed by atoms with Gasteiger partial charge in [0, 0.05) is 0 Å². The van der Waals surface area contributed by atoms with Gasteiger partial charge in [0.25, 0.3) is 0 Å². The summed E-state index contributed by atoms with van der Waals surface area (Å²) in [6.45, 7) is 13.1. The Morgan fingerprint density at radius 2 is 0.800 bits per heavy atom. The maximum absolute atomic E-state index is 6.44. The molecule has 3 heteroatoms. The summed E-state index contributed by atoms with van der Waals surface area (Å²) in [5, 5.41) is 0. The van der Waals surface area contributed by atoms with Gasteiger partial charge in [-0.25, -0.2) is 0 Å². The van der Waals surface area contributed by atoms with Crippen molar-refractivity contribution in [3.05, 3.63) is 24.6 Å². The van der Waals surface area contributed by atoms with E-state index >= 15 is 0 Å². The van der Waals surface area contributed by atoms with E-state index in [9.17, 15) is 0 Å². The monoisotopic (exact) mass is 560 g/mol. The van der Waals surface area contributed by atoms with Crippen molar-refractivity contribution in [2.24, 2.45) is 0 Å². The van der Waals surface area contributed by atoms with Crippen LogP contribution in [0.5, 0.6) is 17.2 Å². The second-order valence-corrected chi connectivity index (χ2v) is 11.8. The third-order valence-corrected chi connectivity index (χ3v) is 7.80. The first-order valence-electron chi connectivity index (χ1n) is 17.6. The van der Waals surface area contributed by atoms with Crippen LogP contribution in [0.3, 0.4) is 0 Å². The zero-order chi connectivity index (χ0) is 28.9. The molecule has 1 radical (unpaired) electrons. The average Bonchev–Trinajstić information content (AvgIpc) is 2.96. The predicted octanol–water partition coefficient (Wildman–Crippen LogP) is 12.2. The minimum absolute atomic E-state index is 0.730. The number of rotatable bonds is 30. The quantitative estimate of drug-likeness (QED) is 0.0877. The van der Waals surface area contributed by atoms with Gasteiger partial charge in [-0.05, 0) is 49.8 Å². The predicted molar refractivity (Wildman–Crippen MR) is 175 cm³/mol. The fourth-order valence-electron chi connectivity index (χ4n) is 5.18. The van der Waals surface area contributed by atoms with Crippen LogP contribution in [0.25, 0.3) is 0 Å². The van der Waals surface area contributed by atoms with Crippen LogP contribution in [0.15, 0.2) is 12.1 Å². The minimum atomic E-state index is 0.730. The molecule has 0 heterocycles. The van der Waals surface area contributed by atoms with Crippen molar-refractivity contribution in [1.82, 2.24) is 0 Å². The van der Waals surface area contributed by atoms with Gasteiger partial charge in [0.2, 0.25) is 5.75 Å². The average molecular weight is 560 g/mol. The Labute approximate surface area is 250 Å². The molecule has 1 rings (SSSR count). The van der Waals surface area contributed by atoms with Crippen LogP contribution in [-0.4, -0.2) is 19.8 Å². The maximum atomic E-state index is 6.44. The molecule has 0 aliphatic carbocycles. The van der Waals surface area contributed by atoms with Gasteiger partial charge in [-0.15, -0.1) is 0 Å². The van der Waals surface area contributed by atoms with Crippen LogP contribution in [-0.2, 0) is 6.42 Å². The highest BCUT2D eigenvalue weighted by Gasteiger charge is 2.16. The molecule has 233 valence electrons. The SMILES string of the molecule is [CH2]CCCc1cc(OCCCCCCCCC)c(OCCCCCCCCC)c(OCCCCCCCCC)c1. The number of hydrogen-bond acceptors (Lipinski definition) is 3. The van der Waals surface area contributed by atoms with E-state index in [1.165, 1.54) is 121 Å². The van der Waals surface area contributed by atoms with Crippen LogP contribution < -0.4 is 14.2 Å². The van der Waals surface area contributed by atoms with E-state index in [2.05, 4.69) is 39.8 Å². The minimum Gasteiger partial charge on any atom is -0.490 e. The van der Waals surface area contributed by atoms with Gasteiger partial charge in [-0.2, -0.15) is 0 Å². The molecule has 40 heavy (non-hydrogen) atoms. The summed E-state index contributed by atoms with van der Waals surface area (Å²) < 4.78 is 19.3. The molecule has 0 aromatic heterocycles. The maximum Gasteiger partial charge on any atom is 0.203 e. The number of benzene rings is 1. The van der Waals surface area contributed by atoms with Gasteiger partial charge < -0.3 is 14.2 Å². The van der Waals surface area contributed by atoms with Crippen LogP contribution >= 0.6 is 0 Å². The van der Waals surface area contributed by atoms with Crippen LogP contribution in [0.2, 0.25) is 0 Å². The van der Waals surface area contributed by atoms with Crippen molar-refractivity contribution in [3.8, 4) is 17.2 Å². The van der Waals surface area contributed by atoms with Crippen molar-refractivity contribution < 1.29 is 14.2 Å². The standard InChI is InChI=1S/C37H67O3/c1-5-9-13-16-19-22-25-29-38-35-32-34(28-12-8-4)33-36(39-30-26-23-20-17-14-10-6-2)37(35)40-31-27-24-21-18-15-11-7-3/h32-33H,4-31H2,1-3H3. The highest BCUT2D eigenvalue weighted by atomic mass is 16.5. The van der Waals surface area contributed by atoms with E-state index in [1.807, 2.05) is 0 Å². The lowest BCUT2D eigenvalue weighted by molar-refractivity contribution is 0.234. The molecule has 1 aromatic carbocycles. The molecule has 0 unspecified atom stereocenters. The second kappa shape index (κ2) is 27.8. The molecule has 0 spiro atoms. The molecule has 0 saturated carbocycles. The third-order valence-electron chi connectivity index (χ3n) is 7.80. The molecule has 0 aliphatic rings. The van der Waals surface area contributed by atoms with Crippen molar-refractivity contribution in [1.29, 1.82) is 0 Å². The summed E-state index contributed by atoms with van der Waals surface area (Å²) in [4.78, 5) is 0. The topological polar surface area (TPSA) is 27.7 Å². The van der Waals surface area contributed by atoms with Gasteiger partial charge in [-0.1, -0.05) is 150 Å². The second-order valence-electron chi connectivity index (χ2n) is 11.8. The smallest absolute Gasteiger partial charge is 0.203 e. The van der Waals surface area contributed by atoms with Crippen molar-refractivity contribution in [2.45, 2.75) is 175 Å². The Morgan fingerprint density at radius 1 is 0.450 bits per heavy atom. The highest BCUT2D eigenvalue weighted by Crippen LogP contribution is 2.40. The molecule has 0 N–H and O–H groups in total. The lowest BCUT2D eigenvalue weighted by atomic mass is 10.1. The molecule has 0 bridgehead atoms. The molecule has 0 saturated heterocycles. The Hall–Kier alpha value is -1.38. The van der Waals surface area contributed by atoms with Gasteiger partial charge in [0.15, 0.2) is 11.5 Å². The van der Waals surface area contributed by atoms with E-state index in [-0.39, 0.29) is 0 Å². The number of ether oxygens (including phenoxy) is 3. The van der Waals surface area contributed by atoms with Gasteiger partial charge in [0.05, 0.1) is 19.8 Å². The van der Waals surface area contributed by atoms with Crippen LogP contribution in [0.4, 0.5) is 0 Å². The molecule has 0 amide bonds. The molecule has 3 nitrogen and oxygen atoms in total. The van der Waals surface area contributed by atoms with E-state index in [0.29, 0.717) is 0 Å². The summed E-state index contributed by atoms with van der Waals surface area (Å²) in [6, 6.07) is 4.41. The number of unbranched alkanes of at least 4 members (excludes halogenated alkanes) is 19. The summed E-state index contributed by atoms with van der Waals surface area (Å²) >= 11 is 0. The fourth-order valence-corrected chi connectivity index (χ4v) is 5.18. The first-order chi connectivity index (χ1) is 19.8. The Kier molecular flexibility index (Phi) is 25.4. The van der Waals surface area contributed by atoms with Crippen molar-refractivity contribution >= 4 is 0 Å². The third kappa shape index (κ3) is 19.7. The van der Waals surface area contributed by atoms with E-state index in [4.69, 9.17) is 14.2 Å². The largest absolute Gasteiger partial charge is 0.490 e. The van der Waals surface area contributed by atoms with E-state index in [0.717, 1.165) is 75.6 Å². The summed E-state index contributed by atoms with van der Waals surface area (Å²) in [6.07, 6.45) is 30.0. The first-order valence-corrected chi connectivity index (χ1v) is 17.6. The van der Waals surface area contributed by atoms with E-state index < -0.39 is 0 Å². The van der Waals surface area contributed by atoms with Gasteiger partial charge >= 0.3 is 0 Å². The lowest BCUT2D eigenvalue weighted by Gasteiger charge is -2.19. The van der Waals surface area contributed by atoms with E-state index in [1.54, 1.807) is 0 Å². The zero-order valence-electron chi connectivity index (χ0n) is 27.2. The highest BCUT2D eigenvalue weighted by molar-refractivity contribution is 5.54. The molecule has 0 aliphatic heterocycles. The molecular weight excluding hydrogens is 492 g/mol. The Balaban J connectivity index is 2.76. The summed E-state index contributed by atoms with van der Waals surface area (Å²) in [5.41, 5.74) is 1.27. The fraction of sp³-hybridized carbons (Fsp3) is 0.811. The number of hydrogen-bond donors (Lipinski definition) is 0. The summed E-state index contributed by atoms with van der Waals surface area (Å²) in [7, 11) is 0.